The number of nitrogens with zero attached hydrogens (tertiary/aromatic N) is 4. The Morgan fingerprint density at radius 2 is 2.14 bits per heavy atom. The summed E-state index contributed by atoms with van der Waals surface area (Å²) in [5.74, 6) is 0.422. The molecule has 0 aliphatic heterocycles. The van der Waals surface area contributed by atoms with Crippen molar-refractivity contribution in [1.29, 1.82) is 0 Å². The fourth-order valence-corrected chi connectivity index (χ4v) is 2.82. The minimum Gasteiger partial charge on any atom is -0.347 e. The zero-order valence-electron chi connectivity index (χ0n) is 13.4. The molecule has 118 valence electrons. The largest absolute Gasteiger partial charge is 0.347 e. The summed E-state index contributed by atoms with van der Waals surface area (Å²) in [6.07, 6.45) is 3.63. The Hall–Kier alpha value is -2.02. The number of rotatable bonds is 6. The van der Waals surface area contributed by atoms with E-state index in [0.717, 1.165) is 23.5 Å². The number of anilines is 1. The summed E-state index contributed by atoms with van der Waals surface area (Å²) in [5, 5.41) is 5.97. The first-order valence-electron chi connectivity index (χ1n) is 7.23. The van der Waals surface area contributed by atoms with E-state index >= 15 is 0 Å². The summed E-state index contributed by atoms with van der Waals surface area (Å²) in [7, 11) is 3.73. The quantitative estimate of drug-likeness (QED) is 0.884. The van der Waals surface area contributed by atoms with Crippen LogP contribution in [-0.4, -0.2) is 35.0 Å². The van der Waals surface area contributed by atoms with Gasteiger partial charge in [-0.05, 0) is 19.8 Å². The topological polar surface area (TPSA) is 71.0 Å². The van der Waals surface area contributed by atoms with Gasteiger partial charge in [-0.15, -0.1) is 11.3 Å². The number of aromatic nitrogens is 3. The lowest BCUT2D eigenvalue weighted by Gasteiger charge is -2.12. The molecule has 0 aliphatic carbocycles. The number of hydrogen-bond donors (Lipinski definition) is 1. The number of aryl methyl sites for hydroxylation is 2. The van der Waals surface area contributed by atoms with E-state index in [-0.39, 0.29) is 5.91 Å². The van der Waals surface area contributed by atoms with E-state index < -0.39 is 0 Å². The average Bonchev–Trinajstić information content (AvgIpc) is 2.92. The van der Waals surface area contributed by atoms with E-state index in [0.29, 0.717) is 23.8 Å². The van der Waals surface area contributed by atoms with E-state index in [2.05, 4.69) is 27.2 Å². The number of nitrogens with one attached hydrogen (secondary N) is 1. The monoisotopic (exact) mass is 319 g/mol. The Kier molecular flexibility index (Phi) is 5.43. The molecule has 7 heteroatoms. The Balaban J connectivity index is 1.99. The van der Waals surface area contributed by atoms with Gasteiger partial charge in [0.2, 0.25) is 5.95 Å². The highest BCUT2D eigenvalue weighted by Gasteiger charge is 2.13. The minimum atomic E-state index is -0.173. The predicted molar refractivity (Wildman–Crippen MR) is 88.4 cm³/mol. The number of hydrogen-bond acceptors (Lipinski definition) is 6. The summed E-state index contributed by atoms with van der Waals surface area (Å²) < 4.78 is 0. The van der Waals surface area contributed by atoms with Gasteiger partial charge in [0, 0.05) is 25.7 Å². The third-order valence-electron chi connectivity index (χ3n) is 3.10. The SMILES string of the molecule is CCCc1nc(CNC(=O)c2cnc(N(C)C)nc2C)cs1. The molecule has 1 amide bonds. The predicted octanol–water partition coefficient (Wildman–Crippen LogP) is 2.19. The fourth-order valence-electron chi connectivity index (χ4n) is 1.92. The van der Waals surface area contributed by atoms with Crippen molar-refractivity contribution in [2.45, 2.75) is 33.2 Å². The molecule has 2 aromatic heterocycles. The Labute approximate surface area is 134 Å². The molecule has 0 bridgehead atoms. The average molecular weight is 319 g/mol. The van der Waals surface area contributed by atoms with Crippen LogP contribution >= 0.6 is 11.3 Å². The zero-order valence-corrected chi connectivity index (χ0v) is 14.2. The van der Waals surface area contributed by atoms with Crippen molar-refractivity contribution in [3.05, 3.63) is 33.5 Å². The summed E-state index contributed by atoms with van der Waals surface area (Å²) in [6.45, 7) is 4.36. The molecule has 0 aliphatic rings. The van der Waals surface area contributed by atoms with E-state index in [9.17, 15) is 4.79 Å². The van der Waals surface area contributed by atoms with E-state index in [1.807, 2.05) is 26.4 Å². The number of amides is 1. The Bertz CT molecular complexity index is 653. The highest BCUT2D eigenvalue weighted by molar-refractivity contribution is 7.09. The lowest BCUT2D eigenvalue weighted by molar-refractivity contribution is 0.0949. The van der Waals surface area contributed by atoms with Gasteiger partial charge in [0.05, 0.1) is 28.5 Å². The van der Waals surface area contributed by atoms with Crippen molar-refractivity contribution in [3.63, 3.8) is 0 Å². The molecular formula is C15H21N5OS. The maximum Gasteiger partial charge on any atom is 0.255 e. The maximum atomic E-state index is 12.2. The molecule has 6 nitrogen and oxygen atoms in total. The molecular weight excluding hydrogens is 298 g/mol. The molecule has 1 N–H and O–H groups in total. The smallest absolute Gasteiger partial charge is 0.255 e. The van der Waals surface area contributed by atoms with Crippen LogP contribution in [0.15, 0.2) is 11.6 Å². The van der Waals surface area contributed by atoms with Gasteiger partial charge < -0.3 is 10.2 Å². The number of carbonyl (C=O) groups excluding carboxylic acids is 1. The van der Waals surface area contributed by atoms with Crippen LogP contribution in [0.25, 0.3) is 0 Å². The van der Waals surface area contributed by atoms with Crippen LogP contribution in [0, 0.1) is 6.92 Å². The lowest BCUT2D eigenvalue weighted by Crippen LogP contribution is -2.25. The second kappa shape index (κ2) is 7.31. The molecule has 0 aromatic carbocycles. The second-order valence-corrected chi connectivity index (χ2v) is 6.17. The third-order valence-corrected chi connectivity index (χ3v) is 4.06. The summed E-state index contributed by atoms with van der Waals surface area (Å²) >= 11 is 1.64. The first-order chi connectivity index (χ1) is 10.5. The second-order valence-electron chi connectivity index (χ2n) is 5.23. The van der Waals surface area contributed by atoms with Gasteiger partial charge in [0.25, 0.3) is 5.91 Å². The summed E-state index contributed by atoms with van der Waals surface area (Å²) in [6, 6.07) is 0. The fraction of sp³-hybridized carbons (Fsp3) is 0.467. The standard InChI is InChI=1S/C15H21N5OS/c1-5-6-13-19-11(9-22-13)7-16-14(21)12-8-17-15(20(3)4)18-10(12)2/h8-9H,5-7H2,1-4H3,(H,16,21). The van der Waals surface area contributed by atoms with Crippen molar-refractivity contribution in [2.75, 3.05) is 19.0 Å². The van der Waals surface area contributed by atoms with Gasteiger partial charge in [-0.3, -0.25) is 4.79 Å². The maximum absolute atomic E-state index is 12.2. The van der Waals surface area contributed by atoms with Crippen molar-refractivity contribution in [2.24, 2.45) is 0 Å². The molecule has 0 fully saturated rings. The van der Waals surface area contributed by atoms with E-state index in [1.165, 1.54) is 0 Å². The van der Waals surface area contributed by atoms with Crippen LogP contribution in [0.2, 0.25) is 0 Å². The van der Waals surface area contributed by atoms with E-state index in [4.69, 9.17) is 0 Å². The van der Waals surface area contributed by atoms with Crippen LogP contribution in [0.4, 0.5) is 5.95 Å². The van der Waals surface area contributed by atoms with Crippen molar-refractivity contribution in [3.8, 4) is 0 Å². The third kappa shape index (κ3) is 4.00. The van der Waals surface area contributed by atoms with Gasteiger partial charge in [0.15, 0.2) is 0 Å². The number of thiazole rings is 1. The molecule has 0 saturated heterocycles. The van der Waals surface area contributed by atoms with Gasteiger partial charge in [0.1, 0.15) is 0 Å². The number of carbonyl (C=O) groups is 1. The van der Waals surface area contributed by atoms with Crippen molar-refractivity contribution < 1.29 is 4.79 Å². The highest BCUT2D eigenvalue weighted by atomic mass is 32.1. The van der Waals surface area contributed by atoms with E-state index in [1.54, 1.807) is 22.4 Å². The molecule has 2 rings (SSSR count). The molecule has 0 radical (unpaired) electrons. The minimum absolute atomic E-state index is 0.173. The van der Waals surface area contributed by atoms with Crippen LogP contribution < -0.4 is 10.2 Å². The van der Waals surface area contributed by atoms with Crippen molar-refractivity contribution >= 4 is 23.2 Å². The molecule has 22 heavy (non-hydrogen) atoms. The van der Waals surface area contributed by atoms with Crippen LogP contribution in [-0.2, 0) is 13.0 Å². The molecule has 0 spiro atoms. The van der Waals surface area contributed by atoms with Gasteiger partial charge >= 0.3 is 0 Å². The Morgan fingerprint density at radius 3 is 2.77 bits per heavy atom. The van der Waals surface area contributed by atoms with Crippen molar-refractivity contribution in [1.82, 2.24) is 20.3 Å². The molecule has 2 heterocycles. The van der Waals surface area contributed by atoms with Gasteiger partial charge in [-0.25, -0.2) is 15.0 Å². The summed E-state index contributed by atoms with van der Waals surface area (Å²) in [5.41, 5.74) is 2.06. The molecule has 0 atom stereocenters. The van der Waals surface area contributed by atoms with Gasteiger partial charge in [-0.1, -0.05) is 6.92 Å². The van der Waals surface area contributed by atoms with Crippen LogP contribution in [0.3, 0.4) is 0 Å². The summed E-state index contributed by atoms with van der Waals surface area (Å²) in [4.78, 5) is 27.0. The molecule has 2 aromatic rings. The lowest BCUT2D eigenvalue weighted by atomic mass is 10.2. The van der Waals surface area contributed by atoms with Crippen LogP contribution in [0.1, 0.15) is 40.1 Å². The zero-order chi connectivity index (χ0) is 16.1. The highest BCUT2D eigenvalue weighted by Crippen LogP contribution is 2.12. The Morgan fingerprint density at radius 1 is 1.36 bits per heavy atom. The van der Waals surface area contributed by atoms with Gasteiger partial charge in [-0.2, -0.15) is 0 Å². The normalized spacial score (nSPS) is 10.5. The first kappa shape index (κ1) is 16.4. The van der Waals surface area contributed by atoms with Crippen LogP contribution in [0.5, 0.6) is 0 Å². The molecule has 0 saturated carbocycles. The molecule has 0 unspecified atom stereocenters. The first-order valence-corrected chi connectivity index (χ1v) is 8.11.